The lowest BCUT2D eigenvalue weighted by atomic mass is 10.2. The van der Waals surface area contributed by atoms with Gasteiger partial charge in [0.1, 0.15) is 11.5 Å². The fourth-order valence-corrected chi connectivity index (χ4v) is 2.74. The summed E-state index contributed by atoms with van der Waals surface area (Å²) >= 11 is 3.10. The molecule has 5 nitrogen and oxygen atoms in total. The Balaban J connectivity index is 2.25. The van der Waals surface area contributed by atoms with Gasteiger partial charge in [-0.1, -0.05) is 0 Å². The van der Waals surface area contributed by atoms with Gasteiger partial charge in [-0.25, -0.2) is 4.39 Å². The minimum atomic E-state index is -0.610. The predicted octanol–water partition coefficient (Wildman–Crippen LogP) is 3.03. The summed E-state index contributed by atoms with van der Waals surface area (Å²) in [6, 6.07) is 2.94. The van der Waals surface area contributed by atoms with Crippen LogP contribution in [0.25, 0.3) is 0 Å². The molecule has 2 rings (SSSR count). The van der Waals surface area contributed by atoms with E-state index in [-0.39, 0.29) is 10.2 Å². The van der Waals surface area contributed by atoms with Crippen LogP contribution in [0.4, 0.5) is 15.8 Å². The van der Waals surface area contributed by atoms with Crippen molar-refractivity contribution < 1.29 is 9.31 Å². The van der Waals surface area contributed by atoms with Crippen molar-refractivity contribution in [2.75, 3.05) is 31.1 Å². The van der Waals surface area contributed by atoms with Crippen LogP contribution in [-0.2, 0) is 0 Å². The van der Waals surface area contributed by atoms with Gasteiger partial charge in [0.2, 0.25) is 0 Å². The van der Waals surface area contributed by atoms with Gasteiger partial charge in [-0.2, -0.15) is 0 Å². The van der Waals surface area contributed by atoms with E-state index in [4.69, 9.17) is 0 Å². The smallest absolute Gasteiger partial charge is 0.295 e. The molecule has 1 fully saturated rings. The fraction of sp³-hybridized carbons (Fsp3) is 0.538. The SMILES string of the molecule is CC(C)N1CCN(c2cc(Br)c(F)cc2[N+](=O)[O-])CC1. The van der Waals surface area contributed by atoms with Crippen LogP contribution in [0.3, 0.4) is 0 Å². The Kier molecular flexibility index (Phi) is 4.59. The number of rotatable bonds is 3. The Morgan fingerprint density at radius 3 is 2.40 bits per heavy atom. The molecule has 0 bridgehead atoms. The average molecular weight is 346 g/mol. The average Bonchev–Trinajstić information content (AvgIpc) is 2.41. The van der Waals surface area contributed by atoms with Gasteiger partial charge >= 0.3 is 0 Å². The maximum Gasteiger partial charge on any atom is 0.295 e. The molecule has 1 aromatic rings. The first kappa shape index (κ1) is 15.2. The van der Waals surface area contributed by atoms with Crippen molar-refractivity contribution >= 4 is 27.3 Å². The number of anilines is 1. The van der Waals surface area contributed by atoms with E-state index in [2.05, 4.69) is 34.7 Å². The highest BCUT2D eigenvalue weighted by molar-refractivity contribution is 9.10. The van der Waals surface area contributed by atoms with Gasteiger partial charge in [0.25, 0.3) is 5.69 Å². The lowest BCUT2D eigenvalue weighted by Gasteiger charge is -2.37. The molecule has 0 amide bonds. The minimum absolute atomic E-state index is 0.177. The quantitative estimate of drug-likeness (QED) is 0.624. The summed E-state index contributed by atoms with van der Waals surface area (Å²) in [5.41, 5.74) is 0.301. The number of hydrogen-bond acceptors (Lipinski definition) is 4. The zero-order valence-corrected chi connectivity index (χ0v) is 13.1. The van der Waals surface area contributed by atoms with Gasteiger partial charge in [0.15, 0.2) is 0 Å². The molecule has 0 radical (unpaired) electrons. The van der Waals surface area contributed by atoms with E-state index >= 15 is 0 Å². The molecular formula is C13H17BrFN3O2. The number of nitro benzene ring substituents is 1. The van der Waals surface area contributed by atoms with E-state index in [0.29, 0.717) is 24.8 Å². The molecule has 1 aliphatic rings. The number of hydrogen-bond donors (Lipinski definition) is 0. The Hall–Kier alpha value is -1.21. The van der Waals surface area contributed by atoms with Crippen molar-refractivity contribution in [3.63, 3.8) is 0 Å². The fourth-order valence-electron chi connectivity index (χ4n) is 2.40. The molecule has 0 atom stereocenters. The normalized spacial score (nSPS) is 16.8. The summed E-state index contributed by atoms with van der Waals surface area (Å²) in [6.07, 6.45) is 0. The first-order chi connectivity index (χ1) is 9.40. The summed E-state index contributed by atoms with van der Waals surface area (Å²) in [6.45, 7) is 7.38. The lowest BCUT2D eigenvalue weighted by Crippen LogP contribution is -2.49. The zero-order valence-electron chi connectivity index (χ0n) is 11.5. The van der Waals surface area contributed by atoms with Crippen molar-refractivity contribution in [1.82, 2.24) is 4.90 Å². The second-order valence-corrected chi connectivity index (χ2v) is 5.98. The lowest BCUT2D eigenvalue weighted by molar-refractivity contribution is -0.384. The molecule has 0 saturated carbocycles. The van der Waals surface area contributed by atoms with Crippen LogP contribution < -0.4 is 4.90 Å². The second kappa shape index (κ2) is 6.05. The molecule has 0 spiro atoms. The summed E-state index contributed by atoms with van der Waals surface area (Å²) in [5, 5.41) is 11.1. The third-order valence-corrected chi connectivity index (χ3v) is 4.21. The topological polar surface area (TPSA) is 49.6 Å². The molecular weight excluding hydrogens is 329 g/mol. The Labute approximate surface area is 125 Å². The van der Waals surface area contributed by atoms with Gasteiger partial charge in [-0.3, -0.25) is 15.0 Å². The van der Waals surface area contributed by atoms with Crippen molar-refractivity contribution in [2.45, 2.75) is 19.9 Å². The Morgan fingerprint density at radius 1 is 1.30 bits per heavy atom. The minimum Gasteiger partial charge on any atom is -0.363 e. The van der Waals surface area contributed by atoms with Gasteiger partial charge in [0, 0.05) is 32.2 Å². The molecule has 0 unspecified atom stereocenters. The molecule has 20 heavy (non-hydrogen) atoms. The molecule has 0 aliphatic carbocycles. The van der Waals surface area contributed by atoms with Crippen molar-refractivity contribution in [2.24, 2.45) is 0 Å². The highest BCUT2D eigenvalue weighted by Crippen LogP contribution is 2.34. The van der Waals surface area contributed by atoms with E-state index in [0.717, 1.165) is 19.2 Å². The number of benzene rings is 1. The van der Waals surface area contributed by atoms with Crippen LogP contribution in [0.15, 0.2) is 16.6 Å². The molecule has 1 saturated heterocycles. The van der Waals surface area contributed by atoms with Crippen molar-refractivity contribution in [1.29, 1.82) is 0 Å². The third-order valence-electron chi connectivity index (χ3n) is 3.60. The monoisotopic (exact) mass is 345 g/mol. The predicted molar refractivity (Wildman–Crippen MR) is 79.7 cm³/mol. The van der Waals surface area contributed by atoms with E-state index < -0.39 is 10.7 Å². The maximum atomic E-state index is 13.5. The summed E-state index contributed by atoms with van der Waals surface area (Å²) in [4.78, 5) is 14.8. The summed E-state index contributed by atoms with van der Waals surface area (Å²) in [7, 11) is 0. The first-order valence-corrected chi connectivity index (χ1v) is 7.32. The van der Waals surface area contributed by atoms with Gasteiger partial charge in [-0.15, -0.1) is 0 Å². The highest BCUT2D eigenvalue weighted by Gasteiger charge is 2.26. The molecule has 110 valence electrons. The standard InChI is InChI=1S/C13H17BrFN3O2/c1-9(2)16-3-5-17(6-4-16)12-7-10(14)11(15)8-13(12)18(19)20/h7-9H,3-6H2,1-2H3. The van der Waals surface area contributed by atoms with E-state index in [1.165, 1.54) is 6.07 Å². The summed E-state index contributed by atoms with van der Waals surface area (Å²) < 4.78 is 13.7. The first-order valence-electron chi connectivity index (χ1n) is 6.52. The van der Waals surface area contributed by atoms with Gasteiger partial charge in [0.05, 0.1) is 15.5 Å². The maximum absolute atomic E-state index is 13.5. The van der Waals surface area contributed by atoms with Gasteiger partial charge < -0.3 is 4.90 Å². The van der Waals surface area contributed by atoms with Crippen molar-refractivity contribution in [3.05, 3.63) is 32.5 Å². The Bertz CT molecular complexity index is 517. The Morgan fingerprint density at radius 2 is 1.90 bits per heavy atom. The van der Waals surface area contributed by atoms with Crippen LogP contribution >= 0.6 is 15.9 Å². The third kappa shape index (κ3) is 3.09. The van der Waals surface area contributed by atoms with E-state index in [1.54, 1.807) is 0 Å². The molecule has 7 heteroatoms. The largest absolute Gasteiger partial charge is 0.363 e. The number of piperazine rings is 1. The molecule has 1 aliphatic heterocycles. The van der Waals surface area contributed by atoms with Crippen molar-refractivity contribution in [3.8, 4) is 0 Å². The molecule has 0 N–H and O–H groups in total. The second-order valence-electron chi connectivity index (χ2n) is 5.13. The van der Waals surface area contributed by atoms with Gasteiger partial charge in [-0.05, 0) is 35.8 Å². The molecule has 0 aromatic heterocycles. The van der Waals surface area contributed by atoms with Crippen LogP contribution in [0.5, 0.6) is 0 Å². The van der Waals surface area contributed by atoms with Crippen LogP contribution in [-0.4, -0.2) is 42.0 Å². The molecule has 1 aromatic carbocycles. The number of nitrogens with zero attached hydrogens (tertiary/aromatic N) is 3. The summed E-state index contributed by atoms with van der Waals surface area (Å²) in [5.74, 6) is -0.610. The van der Waals surface area contributed by atoms with E-state index in [1.807, 2.05) is 4.90 Å². The highest BCUT2D eigenvalue weighted by atomic mass is 79.9. The van der Waals surface area contributed by atoms with Crippen LogP contribution in [0, 0.1) is 15.9 Å². The number of nitro groups is 1. The number of halogens is 2. The zero-order chi connectivity index (χ0) is 14.9. The van der Waals surface area contributed by atoms with Crippen LogP contribution in [0.1, 0.15) is 13.8 Å². The molecule has 1 heterocycles. The van der Waals surface area contributed by atoms with Crippen LogP contribution in [0.2, 0.25) is 0 Å². The van der Waals surface area contributed by atoms with E-state index in [9.17, 15) is 14.5 Å².